The third-order valence-corrected chi connectivity index (χ3v) is 4.57. The molecule has 0 bridgehead atoms. The van der Waals surface area contributed by atoms with Crippen molar-refractivity contribution in [2.45, 2.75) is 64.5 Å². The van der Waals surface area contributed by atoms with Crippen LogP contribution in [-0.2, 0) is 0 Å². The Kier molecular flexibility index (Phi) is 3.36. The highest BCUT2D eigenvalue weighted by Crippen LogP contribution is 2.32. The molecule has 1 unspecified atom stereocenters. The highest BCUT2D eigenvalue weighted by atomic mass is 15.2. The normalized spacial score (nSPS) is 34.2. The van der Waals surface area contributed by atoms with E-state index in [-0.39, 0.29) is 0 Å². The molecule has 15 heavy (non-hydrogen) atoms. The molecule has 1 aliphatic carbocycles. The van der Waals surface area contributed by atoms with Gasteiger partial charge in [0.1, 0.15) is 0 Å². The van der Waals surface area contributed by atoms with Crippen LogP contribution in [0.2, 0.25) is 0 Å². The zero-order chi connectivity index (χ0) is 10.9. The van der Waals surface area contributed by atoms with Gasteiger partial charge < -0.3 is 5.73 Å². The van der Waals surface area contributed by atoms with Crippen molar-refractivity contribution < 1.29 is 0 Å². The fourth-order valence-corrected chi connectivity index (χ4v) is 2.99. The number of nitrogens with two attached hydrogens (primary N) is 1. The fraction of sp³-hybridized carbons (Fsp3) is 1.00. The summed E-state index contributed by atoms with van der Waals surface area (Å²) in [7, 11) is 0. The minimum absolute atomic E-state index is 0.352. The molecule has 0 spiro atoms. The molecule has 1 aliphatic heterocycles. The standard InChI is InChI=1S/C13H26N2/c1-13(2)8-9-15(10-12(13)14)11-6-4-3-5-7-11/h11-12H,3-10,14H2,1-2H3. The molecule has 2 nitrogen and oxygen atoms in total. The number of hydrogen-bond donors (Lipinski definition) is 1. The van der Waals surface area contributed by atoms with E-state index >= 15 is 0 Å². The van der Waals surface area contributed by atoms with Gasteiger partial charge in [0.2, 0.25) is 0 Å². The molecular formula is C13H26N2. The highest BCUT2D eigenvalue weighted by molar-refractivity contribution is 4.92. The molecule has 0 amide bonds. The smallest absolute Gasteiger partial charge is 0.0220 e. The Labute approximate surface area is 94.2 Å². The molecule has 2 rings (SSSR count). The topological polar surface area (TPSA) is 29.3 Å². The zero-order valence-electron chi connectivity index (χ0n) is 10.3. The molecular weight excluding hydrogens is 184 g/mol. The molecule has 2 fully saturated rings. The Hall–Kier alpha value is -0.0800. The quantitative estimate of drug-likeness (QED) is 0.720. The number of likely N-dealkylation sites (tertiary alicyclic amines) is 1. The largest absolute Gasteiger partial charge is 0.326 e. The number of hydrogen-bond acceptors (Lipinski definition) is 2. The zero-order valence-corrected chi connectivity index (χ0v) is 10.3. The van der Waals surface area contributed by atoms with Gasteiger partial charge in [-0.2, -0.15) is 0 Å². The Balaban J connectivity index is 1.90. The van der Waals surface area contributed by atoms with Crippen molar-refractivity contribution in [2.24, 2.45) is 11.1 Å². The van der Waals surface area contributed by atoms with Crippen LogP contribution in [0, 0.1) is 5.41 Å². The first-order valence-electron chi connectivity index (χ1n) is 6.59. The lowest BCUT2D eigenvalue weighted by atomic mass is 9.77. The van der Waals surface area contributed by atoms with E-state index in [0.29, 0.717) is 11.5 Å². The predicted octanol–water partition coefficient (Wildman–Crippen LogP) is 2.38. The van der Waals surface area contributed by atoms with Gasteiger partial charge in [-0.3, -0.25) is 4.90 Å². The third-order valence-electron chi connectivity index (χ3n) is 4.57. The van der Waals surface area contributed by atoms with E-state index in [9.17, 15) is 0 Å². The number of piperidine rings is 1. The van der Waals surface area contributed by atoms with Crippen LogP contribution in [0.25, 0.3) is 0 Å². The van der Waals surface area contributed by atoms with E-state index in [0.717, 1.165) is 12.6 Å². The van der Waals surface area contributed by atoms with Crippen LogP contribution in [0.3, 0.4) is 0 Å². The third kappa shape index (κ3) is 2.54. The monoisotopic (exact) mass is 210 g/mol. The van der Waals surface area contributed by atoms with Crippen LogP contribution in [0.15, 0.2) is 0 Å². The van der Waals surface area contributed by atoms with Crippen molar-refractivity contribution in [3.63, 3.8) is 0 Å². The predicted molar refractivity (Wildman–Crippen MR) is 64.8 cm³/mol. The second-order valence-corrected chi connectivity index (χ2v) is 6.13. The van der Waals surface area contributed by atoms with Crippen LogP contribution in [0.1, 0.15) is 52.4 Å². The summed E-state index contributed by atoms with van der Waals surface area (Å²) in [5.41, 5.74) is 6.62. The SMILES string of the molecule is CC1(C)CCN(C2CCCCC2)CC1N. The van der Waals surface area contributed by atoms with Crippen LogP contribution < -0.4 is 5.73 Å². The van der Waals surface area contributed by atoms with Gasteiger partial charge in [-0.15, -0.1) is 0 Å². The number of nitrogens with zero attached hydrogens (tertiary/aromatic N) is 1. The van der Waals surface area contributed by atoms with Gasteiger partial charge in [0.15, 0.2) is 0 Å². The van der Waals surface area contributed by atoms with E-state index in [1.807, 2.05) is 0 Å². The molecule has 0 radical (unpaired) electrons. The lowest BCUT2D eigenvalue weighted by Crippen LogP contribution is -2.55. The second kappa shape index (κ2) is 4.42. The van der Waals surface area contributed by atoms with E-state index in [4.69, 9.17) is 5.73 Å². The summed E-state index contributed by atoms with van der Waals surface area (Å²) in [5, 5.41) is 0. The molecule has 2 N–H and O–H groups in total. The summed E-state index contributed by atoms with van der Waals surface area (Å²) in [6.45, 7) is 7.02. The molecule has 1 atom stereocenters. The molecule has 1 heterocycles. The summed E-state index contributed by atoms with van der Waals surface area (Å²) < 4.78 is 0. The van der Waals surface area contributed by atoms with Gasteiger partial charge >= 0.3 is 0 Å². The molecule has 1 saturated carbocycles. The molecule has 88 valence electrons. The molecule has 1 saturated heterocycles. The number of rotatable bonds is 1. The summed E-state index contributed by atoms with van der Waals surface area (Å²) in [4.78, 5) is 2.66. The Morgan fingerprint density at radius 3 is 2.40 bits per heavy atom. The minimum Gasteiger partial charge on any atom is -0.326 e. The summed E-state index contributed by atoms with van der Waals surface area (Å²) >= 11 is 0. The van der Waals surface area contributed by atoms with Gasteiger partial charge in [0, 0.05) is 18.6 Å². The van der Waals surface area contributed by atoms with Crippen molar-refractivity contribution in [1.82, 2.24) is 4.90 Å². The van der Waals surface area contributed by atoms with Crippen LogP contribution in [-0.4, -0.2) is 30.1 Å². The van der Waals surface area contributed by atoms with Crippen molar-refractivity contribution in [2.75, 3.05) is 13.1 Å². The Morgan fingerprint density at radius 2 is 1.80 bits per heavy atom. The van der Waals surface area contributed by atoms with Crippen LogP contribution in [0.5, 0.6) is 0 Å². The van der Waals surface area contributed by atoms with Crippen molar-refractivity contribution in [1.29, 1.82) is 0 Å². The first-order chi connectivity index (χ1) is 7.09. The van der Waals surface area contributed by atoms with E-state index in [2.05, 4.69) is 18.7 Å². The second-order valence-electron chi connectivity index (χ2n) is 6.13. The van der Waals surface area contributed by atoms with Crippen molar-refractivity contribution in [3.8, 4) is 0 Å². The molecule has 0 aromatic heterocycles. The average molecular weight is 210 g/mol. The lowest BCUT2D eigenvalue weighted by Gasteiger charge is -2.46. The van der Waals surface area contributed by atoms with Crippen molar-refractivity contribution in [3.05, 3.63) is 0 Å². The van der Waals surface area contributed by atoms with Gasteiger partial charge in [-0.25, -0.2) is 0 Å². The van der Waals surface area contributed by atoms with Crippen LogP contribution in [0.4, 0.5) is 0 Å². The maximum absolute atomic E-state index is 6.27. The first-order valence-corrected chi connectivity index (χ1v) is 6.59. The van der Waals surface area contributed by atoms with Crippen molar-refractivity contribution >= 4 is 0 Å². The minimum atomic E-state index is 0.352. The summed E-state index contributed by atoms with van der Waals surface area (Å²) in [5.74, 6) is 0. The van der Waals surface area contributed by atoms with Gasteiger partial charge in [0.25, 0.3) is 0 Å². The Morgan fingerprint density at radius 1 is 1.13 bits per heavy atom. The van der Waals surface area contributed by atoms with Gasteiger partial charge in [0.05, 0.1) is 0 Å². The maximum atomic E-state index is 6.27. The fourth-order valence-electron chi connectivity index (χ4n) is 2.99. The summed E-state index contributed by atoms with van der Waals surface area (Å²) in [6, 6.07) is 1.22. The molecule has 2 heteroatoms. The van der Waals surface area contributed by atoms with Gasteiger partial charge in [-0.1, -0.05) is 33.1 Å². The average Bonchev–Trinajstić information content (AvgIpc) is 2.23. The van der Waals surface area contributed by atoms with E-state index in [1.165, 1.54) is 45.1 Å². The van der Waals surface area contributed by atoms with E-state index in [1.54, 1.807) is 0 Å². The highest BCUT2D eigenvalue weighted by Gasteiger charge is 2.35. The van der Waals surface area contributed by atoms with Gasteiger partial charge in [-0.05, 0) is 31.2 Å². The molecule has 2 aliphatic rings. The van der Waals surface area contributed by atoms with Crippen LogP contribution >= 0.6 is 0 Å². The lowest BCUT2D eigenvalue weighted by molar-refractivity contribution is 0.0581. The first kappa shape index (κ1) is 11.4. The Bertz CT molecular complexity index is 207. The summed E-state index contributed by atoms with van der Waals surface area (Å²) in [6.07, 6.45) is 8.40. The molecule has 0 aromatic carbocycles. The maximum Gasteiger partial charge on any atom is 0.0220 e. The van der Waals surface area contributed by atoms with E-state index < -0.39 is 0 Å². The molecule has 0 aromatic rings.